The highest BCUT2D eigenvalue weighted by molar-refractivity contribution is 7.89. The predicted molar refractivity (Wildman–Crippen MR) is 82.8 cm³/mol. The molecule has 0 aromatic heterocycles. The van der Waals surface area contributed by atoms with E-state index in [0.29, 0.717) is 5.69 Å². The SMILES string of the molecule is CON(C)S(=O)(=O)c1ccc(C(=O)Nc2ccc(F)cc2)cc1. The zero-order valence-corrected chi connectivity index (χ0v) is 13.3. The van der Waals surface area contributed by atoms with Gasteiger partial charge in [-0.1, -0.05) is 4.47 Å². The molecule has 0 radical (unpaired) electrons. The second kappa shape index (κ2) is 6.86. The van der Waals surface area contributed by atoms with Gasteiger partial charge in [-0.15, -0.1) is 0 Å². The summed E-state index contributed by atoms with van der Waals surface area (Å²) in [4.78, 5) is 16.7. The van der Waals surface area contributed by atoms with E-state index in [9.17, 15) is 17.6 Å². The molecule has 1 N–H and O–H groups in total. The molecule has 0 spiro atoms. The number of carbonyl (C=O) groups excluding carboxylic acids is 1. The molecule has 2 aromatic carbocycles. The Balaban J connectivity index is 2.16. The molecule has 0 aliphatic carbocycles. The number of halogens is 1. The molecule has 0 saturated carbocycles. The third-order valence-corrected chi connectivity index (χ3v) is 4.81. The highest BCUT2D eigenvalue weighted by atomic mass is 32.2. The second-order valence-electron chi connectivity index (χ2n) is 4.58. The summed E-state index contributed by atoms with van der Waals surface area (Å²) in [7, 11) is -1.25. The lowest BCUT2D eigenvalue weighted by Gasteiger charge is -2.14. The fraction of sp³-hybridized carbons (Fsp3) is 0.133. The van der Waals surface area contributed by atoms with Crippen molar-refractivity contribution >= 4 is 21.6 Å². The number of hydrogen-bond acceptors (Lipinski definition) is 4. The Kier molecular flexibility index (Phi) is 5.09. The number of nitrogens with zero attached hydrogens (tertiary/aromatic N) is 1. The molecule has 6 nitrogen and oxygen atoms in total. The van der Waals surface area contributed by atoms with E-state index in [1.807, 2.05) is 0 Å². The van der Waals surface area contributed by atoms with Crippen LogP contribution in [0.2, 0.25) is 0 Å². The number of benzene rings is 2. The molecule has 23 heavy (non-hydrogen) atoms. The van der Waals surface area contributed by atoms with Crippen LogP contribution in [0.15, 0.2) is 53.4 Å². The van der Waals surface area contributed by atoms with Gasteiger partial charge >= 0.3 is 0 Å². The summed E-state index contributed by atoms with van der Waals surface area (Å²) in [6.45, 7) is 0. The van der Waals surface area contributed by atoms with Crippen LogP contribution in [0.4, 0.5) is 10.1 Å². The van der Waals surface area contributed by atoms with Crippen LogP contribution in [0.5, 0.6) is 0 Å². The van der Waals surface area contributed by atoms with Gasteiger partial charge in [0.05, 0.1) is 12.0 Å². The van der Waals surface area contributed by atoms with Crippen molar-refractivity contribution in [2.24, 2.45) is 0 Å². The fourth-order valence-corrected chi connectivity index (χ4v) is 2.73. The average Bonchev–Trinajstić information content (AvgIpc) is 2.56. The Bertz CT molecular complexity index is 789. The number of anilines is 1. The highest BCUT2D eigenvalue weighted by Crippen LogP contribution is 2.16. The largest absolute Gasteiger partial charge is 0.322 e. The van der Waals surface area contributed by atoms with Crippen molar-refractivity contribution in [1.82, 2.24) is 4.47 Å². The molecule has 0 aliphatic rings. The summed E-state index contributed by atoms with van der Waals surface area (Å²) in [6, 6.07) is 10.7. The van der Waals surface area contributed by atoms with Crippen LogP contribution in [0.25, 0.3) is 0 Å². The topological polar surface area (TPSA) is 75.7 Å². The maximum Gasteiger partial charge on any atom is 0.264 e. The maximum absolute atomic E-state index is 12.8. The molecule has 2 rings (SSSR count). The van der Waals surface area contributed by atoms with E-state index < -0.39 is 21.7 Å². The van der Waals surface area contributed by atoms with E-state index in [-0.39, 0.29) is 10.5 Å². The first kappa shape index (κ1) is 17.1. The van der Waals surface area contributed by atoms with Gasteiger partial charge in [0.25, 0.3) is 15.9 Å². The van der Waals surface area contributed by atoms with Gasteiger partial charge in [-0.3, -0.25) is 9.63 Å². The van der Waals surface area contributed by atoms with E-state index in [1.165, 1.54) is 62.7 Å². The number of nitrogens with one attached hydrogen (secondary N) is 1. The van der Waals surface area contributed by atoms with Crippen molar-refractivity contribution < 1.29 is 22.4 Å². The zero-order valence-electron chi connectivity index (χ0n) is 12.5. The maximum atomic E-state index is 12.8. The predicted octanol–water partition coefficient (Wildman–Crippen LogP) is 2.26. The number of hydroxylamine groups is 1. The summed E-state index contributed by atoms with van der Waals surface area (Å²) in [5.74, 6) is -0.833. The van der Waals surface area contributed by atoms with E-state index in [0.717, 1.165) is 4.47 Å². The molecule has 1 amide bonds. The molecule has 2 aromatic rings. The molecular weight excluding hydrogens is 323 g/mol. The third kappa shape index (κ3) is 3.92. The van der Waals surface area contributed by atoms with Gasteiger partial charge in [0.2, 0.25) is 0 Å². The van der Waals surface area contributed by atoms with Gasteiger partial charge < -0.3 is 5.32 Å². The summed E-state index contributed by atoms with van der Waals surface area (Å²) in [5.41, 5.74) is 0.709. The van der Waals surface area contributed by atoms with Gasteiger partial charge in [0.15, 0.2) is 0 Å². The molecule has 0 bridgehead atoms. The lowest BCUT2D eigenvalue weighted by atomic mass is 10.2. The minimum Gasteiger partial charge on any atom is -0.322 e. The third-order valence-electron chi connectivity index (χ3n) is 3.11. The Morgan fingerprint density at radius 3 is 2.17 bits per heavy atom. The van der Waals surface area contributed by atoms with Crippen LogP contribution in [0.3, 0.4) is 0 Å². The first-order valence-corrected chi connectivity index (χ1v) is 7.98. The summed E-state index contributed by atoms with van der Waals surface area (Å²) in [6.07, 6.45) is 0. The van der Waals surface area contributed by atoms with Crippen molar-refractivity contribution in [2.45, 2.75) is 4.90 Å². The van der Waals surface area contributed by atoms with Crippen molar-refractivity contribution in [1.29, 1.82) is 0 Å². The average molecular weight is 338 g/mol. The zero-order chi connectivity index (χ0) is 17.0. The summed E-state index contributed by atoms with van der Waals surface area (Å²) < 4.78 is 37.6. The van der Waals surface area contributed by atoms with Crippen LogP contribution in [0, 0.1) is 5.82 Å². The quantitative estimate of drug-likeness (QED) is 0.849. The minimum atomic E-state index is -3.76. The van der Waals surface area contributed by atoms with Crippen LogP contribution in [-0.4, -0.2) is 33.0 Å². The molecule has 8 heteroatoms. The van der Waals surface area contributed by atoms with Crippen LogP contribution < -0.4 is 5.32 Å². The highest BCUT2D eigenvalue weighted by Gasteiger charge is 2.20. The Morgan fingerprint density at radius 2 is 1.65 bits per heavy atom. The Labute approximate surface area is 133 Å². The Hall–Kier alpha value is -2.29. The van der Waals surface area contributed by atoms with Gasteiger partial charge in [-0.05, 0) is 48.5 Å². The van der Waals surface area contributed by atoms with Crippen LogP contribution in [0.1, 0.15) is 10.4 Å². The molecule has 0 fully saturated rings. The fourth-order valence-electron chi connectivity index (χ4n) is 1.76. The van der Waals surface area contributed by atoms with Gasteiger partial charge in [0.1, 0.15) is 5.82 Å². The molecule has 0 heterocycles. The van der Waals surface area contributed by atoms with E-state index in [2.05, 4.69) is 10.2 Å². The molecule has 0 saturated heterocycles. The lowest BCUT2D eigenvalue weighted by Crippen LogP contribution is -2.25. The summed E-state index contributed by atoms with van der Waals surface area (Å²) >= 11 is 0. The monoisotopic (exact) mass is 338 g/mol. The van der Waals surface area contributed by atoms with Crippen molar-refractivity contribution in [3.63, 3.8) is 0 Å². The number of rotatable bonds is 5. The second-order valence-corrected chi connectivity index (χ2v) is 6.52. The first-order valence-electron chi connectivity index (χ1n) is 6.54. The van der Waals surface area contributed by atoms with Gasteiger partial charge in [0, 0.05) is 18.3 Å². The van der Waals surface area contributed by atoms with Crippen LogP contribution in [-0.2, 0) is 14.9 Å². The molecular formula is C15H15FN2O4S. The van der Waals surface area contributed by atoms with E-state index in [4.69, 9.17) is 0 Å². The standard InChI is InChI=1S/C15H15FN2O4S/c1-18(22-2)23(20,21)14-9-3-11(4-10-14)15(19)17-13-7-5-12(16)6-8-13/h3-10H,1-2H3,(H,17,19). The number of amides is 1. The lowest BCUT2D eigenvalue weighted by molar-refractivity contribution is -0.0258. The first-order chi connectivity index (χ1) is 10.8. The van der Waals surface area contributed by atoms with Gasteiger partial charge in [-0.25, -0.2) is 12.8 Å². The number of hydrogen-bond donors (Lipinski definition) is 1. The van der Waals surface area contributed by atoms with E-state index >= 15 is 0 Å². The van der Waals surface area contributed by atoms with E-state index in [1.54, 1.807) is 0 Å². The smallest absolute Gasteiger partial charge is 0.264 e. The van der Waals surface area contributed by atoms with Crippen molar-refractivity contribution in [2.75, 3.05) is 19.5 Å². The van der Waals surface area contributed by atoms with Gasteiger partial charge in [-0.2, -0.15) is 0 Å². The normalized spacial score (nSPS) is 11.5. The number of carbonyl (C=O) groups is 1. The molecule has 0 atom stereocenters. The molecule has 0 unspecified atom stereocenters. The molecule has 0 aliphatic heterocycles. The number of sulfonamides is 1. The molecule has 122 valence electrons. The minimum absolute atomic E-state index is 0.000169. The Morgan fingerprint density at radius 1 is 1.09 bits per heavy atom. The van der Waals surface area contributed by atoms with Crippen LogP contribution >= 0.6 is 0 Å². The van der Waals surface area contributed by atoms with Crippen molar-refractivity contribution in [3.8, 4) is 0 Å². The van der Waals surface area contributed by atoms with Crippen molar-refractivity contribution in [3.05, 3.63) is 59.9 Å². The summed E-state index contributed by atoms with van der Waals surface area (Å²) in [5, 5.41) is 2.59.